The summed E-state index contributed by atoms with van der Waals surface area (Å²) in [5, 5.41) is 12.6. The molecule has 3 rings (SSSR count). The third kappa shape index (κ3) is 2.77. The molecule has 1 heterocycles. The summed E-state index contributed by atoms with van der Waals surface area (Å²) in [5.74, 6) is 0. The largest absolute Gasteiger partial charge is 0.313 e. The molecule has 0 atom stereocenters. The Hall–Kier alpha value is -1.91. The van der Waals surface area contributed by atoms with Crippen molar-refractivity contribution in [3.63, 3.8) is 0 Å². The molecule has 108 valence electrons. The van der Waals surface area contributed by atoms with E-state index in [1.165, 1.54) is 0 Å². The van der Waals surface area contributed by atoms with Gasteiger partial charge in [0.1, 0.15) is 5.52 Å². The van der Waals surface area contributed by atoms with Gasteiger partial charge in [0.2, 0.25) is 0 Å². The van der Waals surface area contributed by atoms with E-state index >= 15 is 0 Å². The molecule has 0 unspecified atom stereocenters. The second-order valence-corrected chi connectivity index (χ2v) is 5.31. The molecule has 0 amide bonds. The van der Waals surface area contributed by atoms with Gasteiger partial charge in [0.15, 0.2) is 0 Å². The van der Waals surface area contributed by atoms with E-state index in [2.05, 4.69) is 22.6 Å². The number of rotatable bonds is 5. The normalized spacial score (nSPS) is 11.1. The maximum absolute atomic E-state index is 6.37. The van der Waals surface area contributed by atoms with Gasteiger partial charge in [0, 0.05) is 17.1 Å². The van der Waals surface area contributed by atoms with Crippen LogP contribution in [0.4, 0.5) is 0 Å². The lowest BCUT2D eigenvalue weighted by Gasteiger charge is -2.12. The molecule has 0 saturated heterocycles. The topological polar surface area (TPSA) is 42.7 Å². The van der Waals surface area contributed by atoms with E-state index in [1.807, 2.05) is 47.1 Å². The lowest BCUT2D eigenvalue weighted by Crippen LogP contribution is -2.16. The van der Waals surface area contributed by atoms with Crippen molar-refractivity contribution < 1.29 is 0 Å². The van der Waals surface area contributed by atoms with Gasteiger partial charge in [-0.3, -0.25) is 0 Å². The predicted molar refractivity (Wildman–Crippen MR) is 85.9 cm³/mol. The first-order valence-corrected chi connectivity index (χ1v) is 7.48. The van der Waals surface area contributed by atoms with Crippen LogP contribution in [0.2, 0.25) is 5.02 Å². The number of hydrogen-bond donors (Lipinski definition) is 1. The predicted octanol–water partition coefficient (Wildman–Crippen LogP) is 3.57. The minimum Gasteiger partial charge on any atom is -0.313 e. The van der Waals surface area contributed by atoms with Crippen LogP contribution < -0.4 is 5.32 Å². The van der Waals surface area contributed by atoms with Crippen molar-refractivity contribution in [2.45, 2.75) is 19.9 Å². The quantitative estimate of drug-likeness (QED) is 0.733. The molecule has 2 aromatic carbocycles. The fourth-order valence-electron chi connectivity index (χ4n) is 2.36. The first-order valence-electron chi connectivity index (χ1n) is 7.10. The summed E-state index contributed by atoms with van der Waals surface area (Å²) in [6.07, 6.45) is 1.09. The molecular weight excluding hydrogens is 284 g/mol. The Balaban J connectivity index is 2.07. The molecular formula is C16H17ClN4. The molecule has 0 saturated carbocycles. The highest BCUT2D eigenvalue weighted by Crippen LogP contribution is 2.25. The number of para-hydroxylation sites is 1. The Kier molecular flexibility index (Phi) is 4.18. The van der Waals surface area contributed by atoms with Gasteiger partial charge in [-0.15, -0.1) is 5.10 Å². The summed E-state index contributed by atoms with van der Waals surface area (Å²) < 4.78 is 1.85. The van der Waals surface area contributed by atoms with Gasteiger partial charge < -0.3 is 5.32 Å². The van der Waals surface area contributed by atoms with E-state index in [-0.39, 0.29) is 0 Å². The van der Waals surface area contributed by atoms with Crippen molar-refractivity contribution >= 4 is 22.6 Å². The van der Waals surface area contributed by atoms with Gasteiger partial charge in [0.25, 0.3) is 0 Å². The van der Waals surface area contributed by atoms with Gasteiger partial charge >= 0.3 is 0 Å². The summed E-state index contributed by atoms with van der Waals surface area (Å²) in [6.45, 7) is 3.82. The van der Waals surface area contributed by atoms with Gasteiger partial charge in [-0.1, -0.05) is 41.9 Å². The molecule has 0 radical (unpaired) electrons. The van der Waals surface area contributed by atoms with Crippen molar-refractivity contribution in [2.75, 3.05) is 6.54 Å². The zero-order chi connectivity index (χ0) is 14.7. The molecule has 5 heteroatoms. The lowest BCUT2D eigenvalue weighted by atomic mass is 10.1. The molecule has 0 spiro atoms. The van der Waals surface area contributed by atoms with Crippen LogP contribution in [0, 0.1) is 0 Å². The van der Waals surface area contributed by atoms with Crippen LogP contribution in [0.5, 0.6) is 0 Å². The molecule has 0 fully saturated rings. The Bertz CT molecular complexity index is 751. The Morgan fingerprint density at radius 1 is 1.14 bits per heavy atom. The van der Waals surface area contributed by atoms with E-state index in [0.717, 1.165) is 46.8 Å². The summed E-state index contributed by atoms with van der Waals surface area (Å²) in [7, 11) is 0. The van der Waals surface area contributed by atoms with Crippen molar-refractivity contribution in [2.24, 2.45) is 0 Å². The first-order chi connectivity index (χ1) is 10.3. The summed E-state index contributed by atoms with van der Waals surface area (Å²) >= 11 is 6.37. The molecule has 1 aromatic heterocycles. The fourth-order valence-corrected chi connectivity index (χ4v) is 2.59. The van der Waals surface area contributed by atoms with E-state index in [4.69, 9.17) is 11.6 Å². The van der Waals surface area contributed by atoms with Crippen LogP contribution in [0.15, 0.2) is 42.5 Å². The van der Waals surface area contributed by atoms with Crippen LogP contribution in [-0.4, -0.2) is 21.5 Å². The number of halogens is 1. The molecule has 0 aliphatic rings. The number of nitrogens with zero attached hydrogens (tertiary/aromatic N) is 3. The van der Waals surface area contributed by atoms with Gasteiger partial charge in [-0.05, 0) is 37.2 Å². The molecule has 3 aromatic rings. The molecule has 21 heavy (non-hydrogen) atoms. The highest BCUT2D eigenvalue weighted by molar-refractivity contribution is 6.31. The molecule has 4 nitrogen and oxygen atoms in total. The molecule has 1 N–H and O–H groups in total. The van der Waals surface area contributed by atoms with Crippen molar-refractivity contribution in [3.8, 4) is 5.69 Å². The zero-order valence-electron chi connectivity index (χ0n) is 11.9. The number of hydrogen-bond acceptors (Lipinski definition) is 3. The third-order valence-corrected chi connectivity index (χ3v) is 3.76. The average molecular weight is 301 g/mol. The smallest absolute Gasteiger partial charge is 0.113 e. The van der Waals surface area contributed by atoms with Gasteiger partial charge in [-0.25, -0.2) is 4.68 Å². The van der Waals surface area contributed by atoms with E-state index in [9.17, 15) is 0 Å². The van der Waals surface area contributed by atoms with E-state index in [1.54, 1.807) is 0 Å². The summed E-state index contributed by atoms with van der Waals surface area (Å²) in [5.41, 5.74) is 3.88. The average Bonchev–Trinajstić information content (AvgIpc) is 2.93. The Labute approximate surface area is 128 Å². The summed E-state index contributed by atoms with van der Waals surface area (Å²) in [6, 6.07) is 13.8. The summed E-state index contributed by atoms with van der Waals surface area (Å²) in [4.78, 5) is 0. The zero-order valence-corrected chi connectivity index (χ0v) is 12.6. The maximum Gasteiger partial charge on any atom is 0.113 e. The van der Waals surface area contributed by atoms with Crippen molar-refractivity contribution in [1.29, 1.82) is 0 Å². The number of aromatic nitrogens is 3. The monoisotopic (exact) mass is 300 g/mol. The van der Waals surface area contributed by atoms with Crippen molar-refractivity contribution in [3.05, 3.63) is 53.1 Å². The standard InChI is InChI=1S/C16H17ClN4/c1-2-10-18-11-12-13(17)6-5-9-15(12)21-16-8-4-3-7-14(16)19-20-21/h3-9,18H,2,10-11H2,1H3. The minimum absolute atomic E-state index is 0.719. The van der Waals surface area contributed by atoms with Crippen molar-refractivity contribution in [1.82, 2.24) is 20.3 Å². The number of fused-ring (bicyclic) bond motifs is 1. The minimum atomic E-state index is 0.719. The lowest BCUT2D eigenvalue weighted by molar-refractivity contribution is 0.669. The third-order valence-electron chi connectivity index (χ3n) is 3.40. The SMILES string of the molecule is CCCNCc1c(Cl)cccc1-n1nnc2ccccc21. The van der Waals surface area contributed by atoms with Crippen LogP contribution in [-0.2, 0) is 6.54 Å². The molecule has 0 bridgehead atoms. The van der Waals surface area contributed by atoms with Crippen LogP contribution >= 0.6 is 11.6 Å². The van der Waals surface area contributed by atoms with Crippen LogP contribution in [0.1, 0.15) is 18.9 Å². The number of nitrogens with one attached hydrogen (secondary N) is 1. The highest BCUT2D eigenvalue weighted by Gasteiger charge is 2.12. The fraction of sp³-hybridized carbons (Fsp3) is 0.250. The van der Waals surface area contributed by atoms with Gasteiger partial charge in [-0.2, -0.15) is 0 Å². The maximum atomic E-state index is 6.37. The Morgan fingerprint density at radius 2 is 2.00 bits per heavy atom. The van der Waals surface area contributed by atoms with E-state index < -0.39 is 0 Å². The second kappa shape index (κ2) is 6.24. The highest BCUT2D eigenvalue weighted by atomic mass is 35.5. The van der Waals surface area contributed by atoms with E-state index in [0.29, 0.717) is 0 Å². The second-order valence-electron chi connectivity index (χ2n) is 4.90. The van der Waals surface area contributed by atoms with Gasteiger partial charge in [0.05, 0.1) is 11.2 Å². The molecule has 0 aliphatic carbocycles. The molecule has 0 aliphatic heterocycles. The number of benzene rings is 2. The first kappa shape index (κ1) is 14.0. The Morgan fingerprint density at radius 3 is 2.86 bits per heavy atom. The van der Waals surface area contributed by atoms with Crippen LogP contribution in [0.3, 0.4) is 0 Å². The van der Waals surface area contributed by atoms with Crippen LogP contribution in [0.25, 0.3) is 16.7 Å².